The van der Waals surface area contributed by atoms with E-state index in [1.165, 1.54) is 22.4 Å². The quantitative estimate of drug-likeness (QED) is 0.252. The van der Waals surface area contributed by atoms with Crippen LogP contribution in [0.5, 0.6) is 0 Å². The lowest BCUT2D eigenvalue weighted by Crippen LogP contribution is -3.00. The standard InChI is InChI=1S/C26H25N2O3P.2ClH/c1-19-17-20(2)25(21(3)18-19)27-13-9-22(10-14-27)23-11-15-28(16-12-23)26(32(29,30)31)24-7-5-4-6-8-24;;/h4-18,26H,1-3H3;2*1H. The third-order valence-electron chi connectivity index (χ3n) is 5.61. The van der Waals surface area contributed by atoms with Crippen LogP contribution < -0.4 is 33.9 Å². The van der Waals surface area contributed by atoms with Gasteiger partial charge in [-0.05, 0) is 44.0 Å². The summed E-state index contributed by atoms with van der Waals surface area (Å²) >= 11 is 0. The summed E-state index contributed by atoms with van der Waals surface area (Å²) in [5, 5.41) is 0. The molecule has 178 valence electrons. The van der Waals surface area contributed by atoms with Gasteiger partial charge in [-0.2, -0.15) is 9.13 Å². The minimum absolute atomic E-state index is 0. The van der Waals surface area contributed by atoms with Gasteiger partial charge < -0.3 is 34.6 Å². The number of aromatic nitrogens is 2. The second-order valence-electron chi connectivity index (χ2n) is 8.15. The van der Waals surface area contributed by atoms with Crippen LogP contribution in [-0.4, -0.2) is 9.79 Å². The maximum atomic E-state index is 12.2. The third kappa shape index (κ3) is 5.93. The molecule has 0 aliphatic rings. The molecule has 8 heteroatoms. The number of pyridine rings is 2. The van der Waals surface area contributed by atoms with Crippen LogP contribution in [0.1, 0.15) is 28.0 Å². The Morgan fingerprint density at radius 1 is 0.735 bits per heavy atom. The minimum atomic E-state index is -4.40. The molecule has 0 bridgehead atoms. The van der Waals surface area contributed by atoms with E-state index < -0.39 is 13.4 Å². The van der Waals surface area contributed by atoms with Gasteiger partial charge in [-0.25, -0.2) is 0 Å². The molecule has 0 radical (unpaired) electrons. The predicted octanol–water partition coefficient (Wildman–Crippen LogP) is -1.42. The zero-order chi connectivity index (χ0) is 22.9. The molecule has 1 atom stereocenters. The smallest absolute Gasteiger partial charge is 0.398 e. The molecule has 1 unspecified atom stereocenters. The van der Waals surface area contributed by atoms with E-state index in [1.807, 2.05) is 30.6 Å². The monoisotopic (exact) mass is 516 g/mol. The number of hydrogen-bond donors (Lipinski definition) is 2. The lowest BCUT2D eigenvalue weighted by molar-refractivity contribution is -0.695. The Kier molecular flexibility index (Phi) is 9.18. The van der Waals surface area contributed by atoms with Gasteiger partial charge in [-0.1, -0.05) is 35.9 Å². The maximum Gasteiger partial charge on any atom is 0.398 e. The number of rotatable bonds is 5. The highest BCUT2D eigenvalue weighted by Gasteiger charge is 2.38. The molecule has 0 saturated heterocycles. The molecule has 0 saturated carbocycles. The lowest BCUT2D eigenvalue weighted by atomic mass is 10.0. The molecule has 2 aromatic heterocycles. The van der Waals surface area contributed by atoms with Gasteiger partial charge in [0, 0.05) is 41.0 Å². The number of halogens is 2. The molecule has 34 heavy (non-hydrogen) atoms. The summed E-state index contributed by atoms with van der Waals surface area (Å²) < 4.78 is 15.9. The molecule has 5 nitrogen and oxygen atoms in total. The first-order valence-electron chi connectivity index (χ1n) is 10.4. The first-order chi connectivity index (χ1) is 15.2. The van der Waals surface area contributed by atoms with Crippen molar-refractivity contribution >= 4 is 7.60 Å². The number of benzene rings is 2. The Bertz CT molecular complexity index is 1270. The highest BCUT2D eigenvalue weighted by Crippen LogP contribution is 2.49. The van der Waals surface area contributed by atoms with Gasteiger partial charge in [0.15, 0.2) is 24.8 Å². The number of aryl methyl sites for hydroxylation is 3. The van der Waals surface area contributed by atoms with Crippen LogP contribution in [-0.2, 0) is 4.57 Å². The molecule has 4 aromatic rings. The van der Waals surface area contributed by atoms with Crippen molar-refractivity contribution in [2.24, 2.45) is 0 Å². The van der Waals surface area contributed by atoms with Gasteiger partial charge in [-0.15, -0.1) is 0 Å². The fraction of sp³-hybridized carbons (Fsp3) is 0.154. The van der Waals surface area contributed by atoms with Gasteiger partial charge in [0.25, 0.3) is 5.78 Å². The van der Waals surface area contributed by atoms with E-state index in [2.05, 4.69) is 49.6 Å². The highest BCUT2D eigenvalue weighted by molar-refractivity contribution is 7.51. The fourth-order valence-corrected chi connectivity index (χ4v) is 5.37. The van der Waals surface area contributed by atoms with Gasteiger partial charge in [-0.3, -0.25) is 4.57 Å². The van der Waals surface area contributed by atoms with Crippen molar-refractivity contribution in [2.75, 3.05) is 0 Å². The molecular weight excluding hydrogens is 490 g/mol. The van der Waals surface area contributed by atoms with Crippen molar-refractivity contribution in [3.8, 4) is 16.8 Å². The summed E-state index contributed by atoms with van der Waals surface area (Å²) in [6.45, 7) is 6.35. The molecule has 2 heterocycles. The molecule has 2 N–H and O–H groups in total. The van der Waals surface area contributed by atoms with E-state index in [-0.39, 0.29) is 24.8 Å². The third-order valence-corrected chi connectivity index (χ3v) is 6.81. The molecule has 2 aromatic carbocycles. The van der Waals surface area contributed by atoms with Gasteiger partial charge >= 0.3 is 7.60 Å². The van der Waals surface area contributed by atoms with E-state index in [4.69, 9.17) is 0 Å². The second kappa shape index (κ2) is 11.3. The van der Waals surface area contributed by atoms with Crippen molar-refractivity contribution in [1.29, 1.82) is 0 Å². The molecule has 0 amide bonds. The Morgan fingerprint density at radius 3 is 1.68 bits per heavy atom. The van der Waals surface area contributed by atoms with Crippen LogP contribution in [0.25, 0.3) is 16.8 Å². The summed E-state index contributed by atoms with van der Waals surface area (Å²) in [5.41, 5.74) is 7.47. The van der Waals surface area contributed by atoms with Crippen molar-refractivity contribution in [1.82, 2.24) is 0 Å². The molecular formula is C26H27Cl2N2O3P. The van der Waals surface area contributed by atoms with Crippen molar-refractivity contribution in [3.63, 3.8) is 0 Å². The van der Waals surface area contributed by atoms with Crippen LogP contribution in [0.4, 0.5) is 0 Å². The van der Waals surface area contributed by atoms with E-state index in [0.717, 1.165) is 11.1 Å². The van der Waals surface area contributed by atoms with Crippen LogP contribution in [0.15, 0.2) is 91.5 Å². The zero-order valence-electron chi connectivity index (χ0n) is 19.1. The summed E-state index contributed by atoms with van der Waals surface area (Å²) in [7, 11) is -4.40. The Hall–Kier alpha value is -2.53. The molecule has 0 fully saturated rings. The largest absolute Gasteiger partial charge is 1.00 e. The summed E-state index contributed by atoms with van der Waals surface area (Å²) in [4.78, 5) is 19.9. The maximum absolute atomic E-state index is 12.2. The zero-order valence-corrected chi connectivity index (χ0v) is 21.5. The van der Waals surface area contributed by atoms with Crippen LogP contribution in [0, 0.1) is 20.8 Å². The topological polar surface area (TPSA) is 65.3 Å². The fourth-order valence-electron chi connectivity index (χ4n) is 4.31. The van der Waals surface area contributed by atoms with E-state index in [1.54, 1.807) is 41.2 Å². The average Bonchev–Trinajstić information content (AvgIpc) is 2.74. The van der Waals surface area contributed by atoms with Crippen LogP contribution in [0.2, 0.25) is 0 Å². The summed E-state index contributed by atoms with van der Waals surface area (Å²) in [5.74, 6) is -1.05. The normalized spacial score (nSPS) is 11.8. The van der Waals surface area contributed by atoms with Gasteiger partial charge in [0.1, 0.15) is 0 Å². The lowest BCUT2D eigenvalue weighted by Gasteiger charge is -2.14. The van der Waals surface area contributed by atoms with Crippen molar-refractivity contribution < 1.29 is 48.3 Å². The van der Waals surface area contributed by atoms with Crippen LogP contribution in [0.3, 0.4) is 0 Å². The first-order valence-corrected chi connectivity index (χ1v) is 12.1. The number of nitrogens with zero attached hydrogens (tertiary/aromatic N) is 2. The molecule has 0 spiro atoms. The van der Waals surface area contributed by atoms with Gasteiger partial charge in [0.05, 0.1) is 0 Å². The molecule has 0 aliphatic heterocycles. The Labute approximate surface area is 212 Å². The highest BCUT2D eigenvalue weighted by atomic mass is 35.5. The minimum Gasteiger partial charge on any atom is -1.00 e. The second-order valence-corrected chi connectivity index (χ2v) is 9.82. The number of hydrogen-bond acceptors (Lipinski definition) is 1. The first kappa shape index (κ1) is 27.7. The summed E-state index contributed by atoms with van der Waals surface area (Å²) in [6, 6.07) is 21.1. The SMILES string of the molecule is Cc1cc(C)c(-[n+]2ccc(-c3cc[n+](C(c4ccccc4)P(=O)(O)O)cc3)cc2)c(C)c1.[Cl-].[Cl-]. The van der Waals surface area contributed by atoms with E-state index in [0.29, 0.717) is 5.56 Å². The average molecular weight is 517 g/mol. The van der Waals surface area contributed by atoms with Gasteiger partial charge in [0.2, 0.25) is 5.69 Å². The van der Waals surface area contributed by atoms with Crippen molar-refractivity contribution in [3.05, 3.63) is 114 Å². The Morgan fingerprint density at radius 2 is 1.21 bits per heavy atom. The molecule has 0 aliphatic carbocycles. The van der Waals surface area contributed by atoms with Crippen LogP contribution >= 0.6 is 7.60 Å². The van der Waals surface area contributed by atoms with E-state index in [9.17, 15) is 14.4 Å². The molecule has 4 rings (SSSR count). The summed E-state index contributed by atoms with van der Waals surface area (Å²) in [6.07, 6.45) is 7.54. The van der Waals surface area contributed by atoms with E-state index >= 15 is 0 Å². The Balaban J connectivity index is 0.00000204. The van der Waals surface area contributed by atoms with Crippen molar-refractivity contribution in [2.45, 2.75) is 26.6 Å². The predicted molar refractivity (Wildman–Crippen MR) is 124 cm³/mol.